The van der Waals surface area contributed by atoms with Crippen molar-refractivity contribution in [3.05, 3.63) is 17.7 Å². The molecule has 1 aromatic rings. The molecule has 1 aromatic carbocycles. The zero-order chi connectivity index (χ0) is 17.1. The van der Waals surface area contributed by atoms with Gasteiger partial charge in [-0.25, -0.2) is 0 Å². The molecule has 0 fully saturated rings. The van der Waals surface area contributed by atoms with Crippen LogP contribution in [-0.2, 0) is 22.8 Å². The highest BCUT2D eigenvalue weighted by Crippen LogP contribution is 2.62. The van der Waals surface area contributed by atoms with E-state index in [1.54, 1.807) is 23.1 Å². The van der Waals surface area contributed by atoms with Crippen LogP contribution >= 0.6 is 28.8 Å². The Labute approximate surface area is 153 Å². The summed E-state index contributed by atoms with van der Waals surface area (Å²) in [6.07, 6.45) is 4.02. The van der Waals surface area contributed by atoms with E-state index in [1.165, 1.54) is 10.5 Å². The SMILES string of the molecule is CCCSP(=S)(OCC)Oc1ccc(SC)c2c1OC(C)(C)C2. The molecule has 0 aliphatic carbocycles. The summed E-state index contributed by atoms with van der Waals surface area (Å²) in [6.45, 7) is 8.86. The molecule has 0 N–H and O–H groups in total. The predicted molar refractivity (Wildman–Crippen MR) is 106 cm³/mol. The van der Waals surface area contributed by atoms with Gasteiger partial charge in [0.2, 0.25) is 0 Å². The van der Waals surface area contributed by atoms with E-state index < -0.39 is 5.69 Å². The van der Waals surface area contributed by atoms with Gasteiger partial charge in [-0.3, -0.25) is 0 Å². The molecule has 1 heterocycles. The minimum atomic E-state index is -2.39. The highest BCUT2D eigenvalue weighted by atomic mass is 32.9. The molecule has 2 rings (SSSR count). The summed E-state index contributed by atoms with van der Waals surface area (Å²) in [6, 6.07) is 4.07. The number of benzene rings is 1. The maximum absolute atomic E-state index is 6.21. The lowest BCUT2D eigenvalue weighted by Crippen LogP contribution is -2.24. The van der Waals surface area contributed by atoms with Crippen molar-refractivity contribution in [1.82, 2.24) is 0 Å². The Bertz CT molecular complexity index is 604. The number of thioether (sulfide) groups is 1. The fraction of sp³-hybridized carbons (Fsp3) is 0.625. The Morgan fingerprint density at radius 2 is 2.09 bits per heavy atom. The minimum absolute atomic E-state index is 0.211. The fourth-order valence-corrected chi connectivity index (χ4v) is 7.73. The van der Waals surface area contributed by atoms with Crippen LogP contribution in [0.5, 0.6) is 11.5 Å². The van der Waals surface area contributed by atoms with E-state index >= 15 is 0 Å². The molecule has 3 nitrogen and oxygen atoms in total. The Balaban J connectivity index is 2.34. The molecule has 0 saturated carbocycles. The molecule has 7 heteroatoms. The summed E-state index contributed by atoms with van der Waals surface area (Å²) >= 11 is 9.06. The van der Waals surface area contributed by atoms with Gasteiger partial charge in [-0.1, -0.05) is 18.3 Å². The highest BCUT2D eigenvalue weighted by Gasteiger charge is 2.35. The van der Waals surface area contributed by atoms with Crippen LogP contribution in [0.3, 0.4) is 0 Å². The van der Waals surface area contributed by atoms with Gasteiger partial charge in [0.05, 0.1) is 6.61 Å². The third-order valence-corrected chi connectivity index (χ3v) is 9.58. The van der Waals surface area contributed by atoms with Crippen LogP contribution < -0.4 is 9.26 Å². The van der Waals surface area contributed by atoms with E-state index in [2.05, 4.69) is 33.1 Å². The predicted octanol–water partition coefficient (Wildman–Crippen LogP) is 5.91. The van der Waals surface area contributed by atoms with Gasteiger partial charge < -0.3 is 13.8 Å². The molecule has 0 bridgehead atoms. The van der Waals surface area contributed by atoms with E-state index in [-0.39, 0.29) is 5.60 Å². The van der Waals surface area contributed by atoms with E-state index in [4.69, 9.17) is 25.6 Å². The molecular weight excluding hydrogens is 367 g/mol. The number of hydrogen-bond donors (Lipinski definition) is 0. The second-order valence-corrected chi connectivity index (χ2v) is 13.1. The van der Waals surface area contributed by atoms with Crippen molar-refractivity contribution in [3.8, 4) is 11.5 Å². The molecule has 0 aromatic heterocycles. The van der Waals surface area contributed by atoms with Crippen LogP contribution in [0, 0.1) is 0 Å². The summed E-state index contributed by atoms with van der Waals surface area (Å²) in [5, 5.41) is 0. The van der Waals surface area contributed by atoms with Crippen LogP contribution in [0.1, 0.15) is 39.7 Å². The van der Waals surface area contributed by atoms with Gasteiger partial charge in [-0.2, -0.15) is 0 Å². The first-order chi connectivity index (χ1) is 10.8. The Morgan fingerprint density at radius 1 is 1.35 bits per heavy atom. The highest BCUT2D eigenvalue weighted by molar-refractivity contribution is 8.68. The molecule has 0 amide bonds. The Kier molecular flexibility index (Phi) is 6.77. The van der Waals surface area contributed by atoms with Crippen molar-refractivity contribution in [1.29, 1.82) is 0 Å². The average molecular weight is 393 g/mol. The molecule has 0 spiro atoms. The second kappa shape index (κ2) is 8.01. The maximum atomic E-state index is 6.21. The molecule has 1 aliphatic rings. The van der Waals surface area contributed by atoms with Gasteiger partial charge in [-0.15, -0.1) is 11.8 Å². The first-order valence-electron chi connectivity index (χ1n) is 7.81. The van der Waals surface area contributed by atoms with Crippen molar-refractivity contribution >= 4 is 40.6 Å². The third kappa shape index (κ3) is 4.82. The molecule has 1 unspecified atom stereocenters. The smallest absolute Gasteiger partial charge is 0.297 e. The number of ether oxygens (including phenoxy) is 1. The summed E-state index contributed by atoms with van der Waals surface area (Å²) < 4.78 is 18.2. The lowest BCUT2D eigenvalue weighted by Gasteiger charge is -2.23. The van der Waals surface area contributed by atoms with Crippen molar-refractivity contribution < 1.29 is 13.8 Å². The van der Waals surface area contributed by atoms with E-state index in [0.29, 0.717) is 6.61 Å². The molecule has 0 saturated heterocycles. The monoisotopic (exact) mass is 392 g/mol. The quantitative estimate of drug-likeness (QED) is 0.404. The number of fused-ring (bicyclic) bond motifs is 1. The second-order valence-electron chi connectivity index (χ2n) is 5.90. The number of rotatable bonds is 8. The molecule has 1 aliphatic heterocycles. The van der Waals surface area contributed by atoms with Crippen LogP contribution in [0.25, 0.3) is 0 Å². The van der Waals surface area contributed by atoms with Gasteiger partial charge in [-0.05, 0) is 57.4 Å². The molecule has 1 atom stereocenters. The van der Waals surface area contributed by atoms with Gasteiger partial charge >= 0.3 is 0 Å². The average Bonchev–Trinajstić information content (AvgIpc) is 2.81. The van der Waals surface area contributed by atoms with Crippen molar-refractivity contribution in [2.45, 2.75) is 51.0 Å². The third-order valence-electron chi connectivity index (χ3n) is 3.33. The van der Waals surface area contributed by atoms with Gasteiger partial charge in [0.25, 0.3) is 5.69 Å². The van der Waals surface area contributed by atoms with Gasteiger partial charge in [0.15, 0.2) is 11.5 Å². The molecular formula is C16H25O3PS3. The zero-order valence-corrected chi connectivity index (χ0v) is 17.7. The topological polar surface area (TPSA) is 27.7 Å². The summed E-state index contributed by atoms with van der Waals surface area (Å²) in [5.74, 6) is 2.51. The van der Waals surface area contributed by atoms with Gasteiger partial charge in [0, 0.05) is 22.6 Å². The largest absolute Gasteiger partial charge is 0.483 e. The van der Waals surface area contributed by atoms with Crippen LogP contribution in [0.2, 0.25) is 0 Å². The van der Waals surface area contributed by atoms with Crippen LogP contribution in [0.4, 0.5) is 0 Å². The van der Waals surface area contributed by atoms with Crippen molar-refractivity contribution in [3.63, 3.8) is 0 Å². The fourth-order valence-electron chi connectivity index (χ4n) is 2.44. The van der Waals surface area contributed by atoms with Crippen LogP contribution in [0.15, 0.2) is 17.0 Å². The Morgan fingerprint density at radius 3 is 2.70 bits per heavy atom. The van der Waals surface area contributed by atoms with E-state index in [9.17, 15) is 0 Å². The first kappa shape index (κ1) is 19.5. The number of hydrogen-bond acceptors (Lipinski definition) is 6. The summed E-state index contributed by atoms with van der Waals surface area (Å²) in [5.41, 5.74) is -1.38. The molecule has 130 valence electrons. The lowest BCUT2D eigenvalue weighted by atomic mass is 10.0. The normalized spacial score (nSPS) is 18.1. The summed E-state index contributed by atoms with van der Waals surface area (Å²) in [7, 11) is 0. The molecule has 23 heavy (non-hydrogen) atoms. The van der Waals surface area contributed by atoms with E-state index in [1.807, 2.05) is 13.0 Å². The Hall–Kier alpha value is 0.130. The van der Waals surface area contributed by atoms with E-state index in [0.717, 1.165) is 30.1 Å². The first-order valence-corrected chi connectivity index (χ1v) is 13.3. The van der Waals surface area contributed by atoms with Crippen molar-refractivity contribution in [2.24, 2.45) is 0 Å². The molecule has 0 radical (unpaired) electrons. The summed E-state index contributed by atoms with van der Waals surface area (Å²) in [4.78, 5) is 1.24. The lowest BCUT2D eigenvalue weighted by molar-refractivity contribution is 0.135. The van der Waals surface area contributed by atoms with Crippen LogP contribution in [-0.4, -0.2) is 24.2 Å². The van der Waals surface area contributed by atoms with Gasteiger partial charge in [0.1, 0.15) is 5.60 Å². The zero-order valence-electron chi connectivity index (χ0n) is 14.4. The maximum Gasteiger partial charge on any atom is 0.297 e. The standard InChI is InChI=1S/C16H25O3PS3/c1-6-10-23-20(21,17-7-2)19-13-8-9-14(22-5)12-11-16(3,4)18-15(12)13/h8-9H,6-7,10-11H2,1-5H3. The minimum Gasteiger partial charge on any atom is -0.483 e. The van der Waals surface area contributed by atoms with Crippen molar-refractivity contribution in [2.75, 3.05) is 18.6 Å².